The molecule has 2 unspecified atom stereocenters. The lowest BCUT2D eigenvalue weighted by Gasteiger charge is -2.38. The Hall–Kier alpha value is -1.40. The van der Waals surface area contributed by atoms with Gasteiger partial charge < -0.3 is 15.0 Å². The molecular weight excluding hydrogens is 314 g/mol. The van der Waals surface area contributed by atoms with Crippen LogP contribution in [0.25, 0.3) is 0 Å². The van der Waals surface area contributed by atoms with Crippen molar-refractivity contribution in [2.45, 2.75) is 39.0 Å². The molecule has 22 heavy (non-hydrogen) atoms. The van der Waals surface area contributed by atoms with E-state index in [4.69, 9.17) is 0 Å². The van der Waals surface area contributed by atoms with Crippen LogP contribution in [0.1, 0.15) is 19.4 Å². The van der Waals surface area contributed by atoms with Gasteiger partial charge in [-0.25, -0.2) is 0 Å². The molecule has 0 aromatic heterocycles. The number of amides is 1. The van der Waals surface area contributed by atoms with Gasteiger partial charge in [0.2, 0.25) is 5.91 Å². The zero-order chi connectivity index (χ0) is 15.4. The molecule has 1 aliphatic rings. The van der Waals surface area contributed by atoms with Gasteiger partial charge in [0.05, 0.1) is 6.42 Å². The summed E-state index contributed by atoms with van der Waals surface area (Å²) in [5, 5.41) is 3.30. The number of ether oxygens (including phenoxy) is 1. The van der Waals surface area contributed by atoms with Crippen LogP contribution in [0.4, 0.5) is 8.78 Å². The number of piperazine rings is 1. The molecule has 1 fully saturated rings. The van der Waals surface area contributed by atoms with E-state index in [9.17, 15) is 13.6 Å². The number of para-hydroxylation sites is 1. The highest BCUT2D eigenvalue weighted by atomic mass is 35.5. The first kappa shape index (κ1) is 18.6. The van der Waals surface area contributed by atoms with Gasteiger partial charge in [0, 0.05) is 30.7 Å². The van der Waals surface area contributed by atoms with Crippen LogP contribution < -0.4 is 10.1 Å². The van der Waals surface area contributed by atoms with Gasteiger partial charge in [-0.2, -0.15) is 8.78 Å². The largest absolute Gasteiger partial charge is 0.435 e. The lowest BCUT2D eigenvalue weighted by molar-refractivity contribution is -0.134. The van der Waals surface area contributed by atoms with E-state index in [1.807, 2.05) is 13.8 Å². The molecule has 1 amide bonds. The van der Waals surface area contributed by atoms with E-state index >= 15 is 0 Å². The lowest BCUT2D eigenvalue weighted by atomic mass is 10.0. The molecule has 1 aliphatic heterocycles. The number of benzene rings is 1. The number of nitrogens with zero attached hydrogens (tertiary/aromatic N) is 1. The minimum absolute atomic E-state index is 0. The van der Waals surface area contributed by atoms with Crippen molar-refractivity contribution in [3.8, 4) is 5.75 Å². The van der Waals surface area contributed by atoms with Gasteiger partial charge in [0.1, 0.15) is 5.75 Å². The number of carbonyl (C=O) groups is 1. The van der Waals surface area contributed by atoms with Crippen molar-refractivity contribution in [2.75, 3.05) is 13.1 Å². The van der Waals surface area contributed by atoms with Crippen molar-refractivity contribution in [3.63, 3.8) is 0 Å². The first-order valence-electron chi connectivity index (χ1n) is 7.04. The quantitative estimate of drug-likeness (QED) is 0.919. The van der Waals surface area contributed by atoms with E-state index in [1.165, 1.54) is 6.07 Å². The van der Waals surface area contributed by atoms with Gasteiger partial charge in [-0.05, 0) is 19.9 Å². The topological polar surface area (TPSA) is 41.6 Å². The van der Waals surface area contributed by atoms with Crippen LogP contribution in [-0.4, -0.2) is 42.6 Å². The Kier molecular flexibility index (Phi) is 7.03. The first-order valence-corrected chi connectivity index (χ1v) is 7.04. The Morgan fingerprint density at radius 1 is 1.41 bits per heavy atom. The summed E-state index contributed by atoms with van der Waals surface area (Å²) >= 11 is 0. The van der Waals surface area contributed by atoms with E-state index < -0.39 is 6.61 Å². The summed E-state index contributed by atoms with van der Waals surface area (Å²) in [6.45, 7) is 2.49. The third kappa shape index (κ3) is 4.55. The first-order chi connectivity index (χ1) is 9.99. The Morgan fingerprint density at radius 3 is 2.77 bits per heavy atom. The maximum Gasteiger partial charge on any atom is 0.387 e. The van der Waals surface area contributed by atoms with Crippen LogP contribution in [-0.2, 0) is 11.2 Å². The summed E-state index contributed by atoms with van der Waals surface area (Å²) in [6.07, 6.45) is 0.0694. The second kappa shape index (κ2) is 8.29. The second-order valence-electron chi connectivity index (χ2n) is 5.23. The molecular formula is C15H21ClF2N2O2. The molecule has 7 heteroatoms. The molecule has 1 saturated heterocycles. The molecule has 0 bridgehead atoms. The molecule has 0 aliphatic carbocycles. The summed E-state index contributed by atoms with van der Waals surface area (Å²) in [6, 6.07) is 6.72. The van der Waals surface area contributed by atoms with Gasteiger partial charge in [-0.3, -0.25) is 4.79 Å². The van der Waals surface area contributed by atoms with Crippen LogP contribution in [0.5, 0.6) is 5.75 Å². The normalized spacial score (nSPS) is 21.4. The van der Waals surface area contributed by atoms with Crippen molar-refractivity contribution >= 4 is 18.3 Å². The van der Waals surface area contributed by atoms with E-state index in [2.05, 4.69) is 10.1 Å². The number of rotatable bonds is 4. The lowest BCUT2D eigenvalue weighted by Crippen LogP contribution is -2.57. The minimum atomic E-state index is -2.89. The monoisotopic (exact) mass is 334 g/mol. The van der Waals surface area contributed by atoms with E-state index in [-0.39, 0.29) is 42.6 Å². The van der Waals surface area contributed by atoms with Crippen LogP contribution in [0.15, 0.2) is 24.3 Å². The molecule has 1 N–H and O–H groups in total. The van der Waals surface area contributed by atoms with Crippen LogP contribution in [0.3, 0.4) is 0 Å². The number of hydrogen-bond donors (Lipinski definition) is 1. The van der Waals surface area contributed by atoms with Gasteiger partial charge in [-0.1, -0.05) is 18.2 Å². The predicted octanol–water partition coefficient (Wildman–Crippen LogP) is 2.46. The number of hydrogen-bond acceptors (Lipinski definition) is 3. The van der Waals surface area contributed by atoms with Crippen LogP contribution in [0.2, 0.25) is 0 Å². The third-order valence-electron chi connectivity index (χ3n) is 3.88. The fourth-order valence-electron chi connectivity index (χ4n) is 2.53. The Morgan fingerprint density at radius 2 is 2.09 bits per heavy atom. The smallest absolute Gasteiger partial charge is 0.387 e. The fraction of sp³-hybridized carbons (Fsp3) is 0.533. The highest BCUT2D eigenvalue weighted by Gasteiger charge is 2.28. The molecule has 1 heterocycles. The average Bonchev–Trinajstić information content (AvgIpc) is 2.43. The molecule has 0 radical (unpaired) electrons. The second-order valence-corrected chi connectivity index (χ2v) is 5.23. The molecule has 1 aromatic carbocycles. The maximum absolute atomic E-state index is 12.4. The number of alkyl halides is 2. The number of carbonyl (C=O) groups excluding carboxylic acids is 1. The molecule has 0 spiro atoms. The minimum Gasteiger partial charge on any atom is -0.435 e. The van der Waals surface area contributed by atoms with Crippen molar-refractivity contribution in [1.82, 2.24) is 10.2 Å². The summed E-state index contributed by atoms with van der Waals surface area (Å²) < 4.78 is 29.2. The predicted molar refractivity (Wildman–Crippen MR) is 82.7 cm³/mol. The standard InChI is InChI=1S/C15H20F2N2O2.ClH/c1-10-11(2)19(8-7-18-10)14(20)9-12-5-3-4-6-13(12)21-15(16)17;/h3-6,10-11,15,18H,7-9H2,1-2H3;1H. The summed E-state index contributed by atoms with van der Waals surface area (Å²) in [7, 11) is 0. The fourth-order valence-corrected chi connectivity index (χ4v) is 2.53. The Bertz CT molecular complexity index is 502. The van der Waals surface area contributed by atoms with E-state index in [1.54, 1.807) is 23.1 Å². The zero-order valence-electron chi connectivity index (χ0n) is 12.6. The molecule has 4 nitrogen and oxygen atoms in total. The number of halogens is 3. The summed E-state index contributed by atoms with van der Waals surface area (Å²) in [5.74, 6) is -0.00199. The van der Waals surface area contributed by atoms with Gasteiger partial charge in [-0.15, -0.1) is 12.4 Å². The molecule has 0 saturated carbocycles. The van der Waals surface area contributed by atoms with Crippen molar-refractivity contribution in [1.29, 1.82) is 0 Å². The number of nitrogens with one attached hydrogen (secondary N) is 1. The van der Waals surface area contributed by atoms with Gasteiger partial charge in [0.15, 0.2) is 0 Å². The SMILES string of the molecule is CC1NCCN(C(=O)Cc2ccccc2OC(F)F)C1C.Cl. The maximum atomic E-state index is 12.4. The van der Waals surface area contributed by atoms with E-state index in [0.717, 1.165) is 6.54 Å². The Labute approximate surface area is 135 Å². The molecule has 2 rings (SSSR count). The van der Waals surface area contributed by atoms with E-state index in [0.29, 0.717) is 12.1 Å². The highest BCUT2D eigenvalue weighted by Crippen LogP contribution is 2.22. The average molecular weight is 335 g/mol. The third-order valence-corrected chi connectivity index (χ3v) is 3.88. The van der Waals surface area contributed by atoms with Crippen LogP contribution in [0, 0.1) is 0 Å². The van der Waals surface area contributed by atoms with Crippen molar-refractivity contribution in [3.05, 3.63) is 29.8 Å². The van der Waals surface area contributed by atoms with Crippen molar-refractivity contribution < 1.29 is 18.3 Å². The molecule has 2 atom stereocenters. The highest BCUT2D eigenvalue weighted by molar-refractivity contribution is 5.85. The Balaban J connectivity index is 0.00000242. The van der Waals surface area contributed by atoms with Gasteiger partial charge >= 0.3 is 6.61 Å². The summed E-state index contributed by atoms with van der Waals surface area (Å²) in [5.41, 5.74) is 0.487. The van der Waals surface area contributed by atoms with Crippen molar-refractivity contribution in [2.24, 2.45) is 0 Å². The van der Waals surface area contributed by atoms with Crippen LogP contribution >= 0.6 is 12.4 Å². The zero-order valence-corrected chi connectivity index (χ0v) is 13.4. The summed E-state index contributed by atoms with van der Waals surface area (Å²) in [4.78, 5) is 14.2. The van der Waals surface area contributed by atoms with Gasteiger partial charge in [0.25, 0.3) is 0 Å². The molecule has 1 aromatic rings. The molecule has 124 valence electrons.